The highest BCUT2D eigenvalue weighted by Crippen LogP contribution is 2.41. The molecule has 1 N–H and O–H groups in total. The molecule has 0 amide bonds. The van der Waals surface area contributed by atoms with E-state index in [-0.39, 0.29) is 24.0 Å². The molecule has 0 spiro atoms. The maximum absolute atomic E-state index is 11.8. The Morgan fingerprint density at radius 3 is 2.71 bits per heavy atom. The van der Waals surface area contributed by atoms with Crippen molar-refractivity contribution >= 4 is 45.0 Å². The van der Waals surface area contributed by atoms with Crippen molar-refractivity contribution in [2.75, 3.05) is 6.79 Å². The zero-order valence-electron chi connectivity index (χ0n) is 18.7. The van der Waals surface area contributed by atoms with Gasteiger partial charge in [0, 0.05) is 40.0 Å². The van der Waals surface area contributed by atoms with E-state index in [0.717, 1.165) is 22.5 Å². The number of nitro benzene ring substituents is 1. The molecule has 0 atom stereocenters. The average Bonchev–Trinajstić information content (AvgIpc) is 3.19. The Bertz CT molecular complexity index is 1480. The van der Waals surface area contributed by atoms with Gasteiger partial charge in [0.05, 0.1) is 11.5 Å². The molecule has 0 bridgehead atoms. The molecular weight excluding hydrogens is 490 g/mol. The van der Waals surface area contributed by atoms with Gasteiger partial charge >= 0.3 is 5.97 Å². The van der Waals surface area contributed by atoms with Gasteiger partial charge in [-0.2, -0.15) is 0 Å². The van der Waals surface area contributed by atoms with Crippen molar-refractivity contribution in [3.05, 3.63) is 73.6 Å². The monoisotopic (exact) mass is 509 g/mol. The molecule has 4 aromatic rings. The first kappa shape index (κ1) is 23.2. The number of benzene rings is 2. The van der Waals surface area contributed by atoms with Crippen LogP contribution in [0.4, 0.5) is 5.69 Å². The number of nitrogens with zero attached hydrogens (tertiary/aromatic N) is 3. The number of aromatic nitrogens is 2. The van der Waals surface area contributed by atoms with E-state index in [0.29, 0.717) is 49.3 Å². The molecule has 0 radical (unpaired) electrons. The number of nitro groups is 1. The smallest absolute Gasteiger partial charge is 0.346 e. The summed E-state index contributed by atoms with van der Waals surface area (Å²) in [5, 5.41) is 22.4. The largest absolute Gasteiger partial charge is 0.477 e. The number of non-ortho nitro benzene ring substituents is 1. The van der Waals surface area contributed by atoms with Crippen molar-refractivity contribution in [3.8, 4) is 17.1 Å². The summed E-state index contributed by atoms with van der Waals surface area (Å²) in [4.78, 5) is 33.1. The standard InChI is InChI=1S/C24H19N3O6S2/c1-12-3-5-14(6-4-12)21-25-22(18-13(2)20(24(28)29)35-23(18)26-21)34-10-16-8-17(27(30)31)7-15-9-32-11-33-19(15)16/h3-8H,9-11H2,1-2H3,(H,28,29). The van der Waals surface area contributed by atoms with Crippen molar-refractivity contribution in [2.45, 2.75) is 31.2 Å². The van der Waals surface area contributed by atoms with Crippen LogP contribution in [0, 0.1) is 24.0 Å². The zero-order valence-corrected chi connectivity index (χ0v) is 20.4. The van der Waals surface area contributed by atoms with Crippen molar-refractivity contribution in [2.24, 2.45) is 0 Å². The summed E-state index contributed by atoms with van der Waals surface area (Å²) in [5.41, 5.74) is 3.74. The van der Waals surface area contributed by atoms with Crippen molar-refractivity contribution in [3.63, 3.8) is 0 Å². The number of hydrogen-bond donors (Lipinski definition) is 1. The predicted octanol–water partition coefficient (Wildman–Crippen LogP) is 5.74. The van der Waals surface area contributed by atoms with Crippen LogP contribution in [0.5, 0.6) is 5.75 Å². The van der Waals surface area contributed by atoms with Crippen molar-refractivity contribution in [1.82, 2.24) is 9.97 Å². The number of thioether (sulfide) groups is 1. The molecule has 0 saturated carbocycles. The van der Waals surface area contributed by atoms with Gasteiger partial charge in [-0.15, -0.1) is 23.1 Å². The minimum Gasteiger partial charge on any atom is -0.477 e. The molecule has 1 aliphatic heterocycles. The first-order chi connectivity index (χ1) is 16.8. The van der Waals surface area contributed by atoms with E-state index >= 15 is 0 Å². The number of fused-ring (bicyclic) bond motifs is 2. The number of aryl methyl sites for hydroxylation is 2. The van der Waals surface area contributed by atoms with Gasteiger partial charge in [-0.1, -0.05) is 29.8 Å². The fourth-order valence-corrected chi connectivity index (χ4v) is 6.02. The van der Waals surface area contributed by atoms with Crippen LogP contribution >= 0.6 is 23.1 Å². The van der Waals surface area contributed by atoms with E-state index < -0.39 is 10.9 Å². The minimum atomic E-state index is -1.01. The van der Waals surface area contributed by atoms with Crippen LogP contribution in [0.2, 0.25) is 0 Å². The lowest BCUT2D eigenvalue weighted by Gasteiger charge is -2.20. The molecule has 0 fully saturated rings. The highest BCUT2D eigenvalue weighted by atomic mass is 32.2. The molecule has 1 aliphatic rings. The van der Waals surface area contributed by atoms with E-state index in [1.54, 1.807) is 6.92 Å². The normalized spacial score (nSPS) is 12.9. The molecule has 2 aromatic carbocycles. The van der Waals surface area contributed by atoms with Crippen LogP contribution in [0.3, 0.4) is 0 Å². The number of carboxylic acid groups (broad SMARTS) is 1. The lowest BCUT2D eigenvalue weighted by atomic mass is 10.1. The first-order valence-corrected chi connectivity index (χ1v) is 12.4. The molecule has 0 saturated heterocycles. The Morgan fingerprint density at radius 2 is 2.00 bits per heavy atom. The molecule has 0 unspecified atom stereocenters. The van der Waals surface area contributed by atoms with Crippen LogP contribution in [0.1, 0.15) is 31.9 Å². The number of ether oxygens (including phenoxy) is 2. The van der Waals surface area contributed by atoms with E-state index in [2.05, 4.69) is 4.98 Å². The summed E-state index contributed by atoms with van der Waals surface area (Å²) < 4.78 is 11.0. The number of aromatic carboxylic acids is 1. The second-order valence-electron chi connectivity index (χ2n) is 8.01. The molecule has 178 valence electrons. The molecule has 3 heterocycles. The molecule has 0 aliphatic carbocycles. The van der Waals surface area contributed by atoms with Crippen LogP contribution in [-0.4, -0.2) is 32.8 Å². The van der Waals surface area contributed by atoms with E-state index in [1.807, 2.05) is 31.2 Å². The molecular formula is C24H19N3O6S2. The highest BCUT2D eigenvalue weighted by Gasteiger charge is 2.24. The lowest BCUT2D eigenvalue weighted by molar-refractivity contribution is -0.385. The fourth-order valence-electron chi connectivity index (χ4n) is 3.88. The molecule has 35 heavy (non-hydrogen) atoms. The van der Waals surface area contributed by atoms with Gasteiger partial charge in [0.2, 0.25) is 0 Å². The Morgan fingerprint density at radius 1 is 1.23 bits per heavy atom. The molecule has 5 rings (SSSR count). The Hall–Kier alpha value is -3.54. The summed E-state index contributed by atoms with van der Waals surface area (Å²) in [6, 6.07) is 10.7. The summed E-state index contributed by atoms with van der Waals surface area (Å²) in [6.45, 7) is 4.04. The third-order valence-electron chi connectivity index (χ3n) is 5.61. The maximum Gasteiger partial charge on any atom is 0.346 e. The van der Waals surface area contributed by atoms with Gasteiger partial charge in [-0.25, -0.2) is 14.8 Å². The number of carboxylic acids is 1. The van der Waals surface area contributed by atoms with Crippen molar-refractivity contribution in [1.29, 1.82) is 0 Å². The zero-order chi connectivity index (χ0) is 24.7. The van der Waals surface area contributed by atoms with Crippen LogP contribution in [-0.2, 0) is 17.1 Å². The maximum atomic E-state index is 11.8. The van der Waals surface area contributed by atoms with Crippen LogP contribution in [0.25, 0.3) is 21.6 Å². The third-order valence-corrected chi connectivity index (χ3v) is 7.81. The Labute approximate surface area is 207 Å². The summed E-state index contributed by atoms with van der Waals surface area (Å²) in [7, 11) is 0. The molecule has 9 nitrogen and oxygen atoms in total. The first-order valence-electron chi connectivity index (χ1n) is 10.6. The van der Waals surface area contributed by atoms with Crippen molar-refractivity contribution < 1.29 is 24.3 Å². The number of rotatable bonds is 6. The van der Waals surface area contributed by atoms with Crippen LogP contribution in [0.15, 0.2) is 41.4 Å². The van der Waals surface area contributed by atoms with Gasteiger partial charge in [0.15, 0.2) is 12.6 Å². The average molecular weight is 510 g/mol. The SMILES string of the molecule is Cc1ccc(-c2nc(SCc3cc([N+](=O)[O-])cc4c3OCOC4)c3c(C)c(C(=O)O)sc3n2)cc1. The summed E-state index contributed by atoms with van der Waals surface area (Å²) >= 11 is 2.48. The fraction of sp³-hybridized carbons (Fsp3) is 0.208. The number of hydrogen-bond acceptors (Lipinski definition) is 9. The van der Waals surface area contributed by atoms with Gasteiger partial charge in [0.1, 0.15) is 20.5 Å². The van der Waals surface area contributed by atoms with E-state index in [1.165, 1.54) is 23.9 Å². The van der Waals surface area contributed by atoms with Gasteiger partial charge in [-0.3, -0.25) is 10.1 Å². The second-order valence-corrected chi connectivity index (χ2v) is 9.97. The van der Waals surface area contributed by atoms with E-state index in [9.17, 15) is 20.0 Å². The third kappa shape index (κ3) is 4.45. The number of thiophene rings is 1. The molecule has 11 heteroatoms. The topological polar surface area (TPSA) is 125 Å². The minimum absolute atomic E-state index is 0.0403. The second kappa shape index (κ2) is 9.25. The Balaban J connectivity index is 1.60. The quantitative estimate of drug-likeness (QED) is 0.150. The Kier molecular flexibility index (Phi) is 6.13. The van der Waals surface area contributed by atoms with Gasteiger partial charge in [0.25, 0.3) is 5.69 Å². The molecule has 2 aromatic heterocycles. The predicted molar refractivity (Wildman–Crippen MR) is 132 cm³/mol. The number of carbonyl (C=O) groups is 1. The highest BCUT2D eigenvalue weighted by molar-refractivity contribution is 7.98. The summed E-state index contributed by atoms with van der Waals surface area (Å²) in [6.07, 6.45) is 0. The van der Waals surface area contributed by atoms with Gasteiger partial charge < -0.3 is 14.6 Å². The lowest BCUT2D eigenvalue weighted by Crippen LogP contribution is -2.13. The summed E-state index contributed by atoms with van der Waals surface area (Å²) in [5.74, 6) is 0.385. The van der Waals surface area contributed by atoms with Crippen LogP contribution < -0.4 is 4.74 Å². The van der Waals surface area contributed by atoms with E-state index in [4.69, 9.17) is 14.5 Å². The van der Waals surface area contributed by atoms with Gasteiger partial charge in [-0.05, 0) is 19.4 Å².